The lowest BCUT2D eigenvalue weighted by molar-refractivity contribution is -0.137. The standard InChI is InChI=1S/C8H7ClF3N3S/c1-15(7(13)16)6-5(9)2-4(3-14-6)8(10,11)12/h2-3H,1H3,(H2,13,16). The van der Waals surface area contributed by atoms with Crippen LogP contribution in [0.25, 0.3) is 0 Å². The molecule has 1 aromatic heterocycles. The largest absolute Gasteiger partial charge is 0.417 e. The van der Waals surface area contributed by atoms with E-state index in [9.17, 15) is 13.2 Å². The van der Waals surface area contributed by atoms with Gasteiger partial charge in [0.25, 0.3) is 0 Å². The molecule has 0 amide bonds. The molecule has 2 N–H and O–H groups in total. The Morgan fingerprint density at radius 3 is 2.50 bits per heavy atom. The third-order valence-electron chi connectivity index (χ3n) is 1.80. The second kappa shape index (κ2) is 4.42. The van der Waals surface area contributed by atoms with Crippen LogP contribution in [0.3, 0.4) is 0 Å². The molecule has 0 aliphatic carbocycles. The molecule has 0 saturated carbocycles. The van der Waals surface area contributed by atoms with Gasteiger partial charge in [0.15, 0.2) is 10.9 Å². The average Bonchev–Trinajstić information content (AvgIpc) is 2.15. The summed E-state index contributed by atoms with van der Waals surface area (Å²) in [6.07, 6.45) is -3.80. The minimum atomic E-state index is -4.48. The van der Waals surface area contributed by atoms with Gasteiger partial charge >= 0.3 is 6.18 Å². The van der Waals surface area contributed by atoms with E-state index in [1.165, 1.54) is 11.9 Å². The molecular formula is C8H7ClF3N3S. The maximum Gasteiger partial charge on any atom is 0.417 e. The molecule has 0 radical (unpaired) electrons. The van der Waals surface area contributed by atoms with Crippen molar-refractivity contribution < 1.29 is 13.2 Å². The van der Waals surface area contributed by atoms with Gasteiger partial charge in [-0.2, -0.15) is 13.2 Å². The van der Waals surface area contributed by atoms with E-state index in [-0.39, 0.29) is 16.0 Å². The summed E-state index contributed by atoms with van der Waals surface area (Å²) in [4.78, 5) is 4.79. The molecule has 0 aromatic carbocycles. The molecule has 3 nitrogen and oxygen atoms in total. The van der Waals surface area contributed by atoms with E-state index in [2.05, 4.69) is 17.2 Å². The molecule has 0 spiro atoms. The van der Waals surface area contributed by atoms with Gasteiger partial charge in [0.1, 0.15) is 0 Å². The third kappa shape index (κ3) is 2.73. The Bertz CT molecular complexity index is 421. The van der Waals surface area contributed by atoms with Gasteiger partial charge in [0.2, 0.25) is 0 Å². The highest BCUT2D eigenvalue weighted by molar-refractivity contribution is 7.80. The predicted octanol–water partition coefficient (Wildman–Crippen LogP) is 2.43. The molecule has 1 aromatic rings. The zero-order chi connectivity index (χ0) is 12.5. The van der Waals surface area contributed by atoms with Crippen LogP contribution in [-0.4, -0.2) is 17.1 Å². The first-order chi connectivity index (χ1) is 7.23. The van der Waals surface area contributed by atoms with Gasteiger partial charge in [-0.15, -0.1) is 0 Å². The fourth-order valence-electron chi connectivity index (χ4n) is 0.937. The van der Waals surface area contributed by atoms with Crippen molar-refractivity contribution in [2.24, 2.45) is 5.73 Å². The maximum atomic E-state index is 12.3. The van der Waals surface area contributed by atoms with E-state index >= 15 is 0 Å². The third-order valence-corrected chi connectivity index (χ3v) is 2.35. The number of hydrogen-bond donors (Lipinski definition) is 1. The molecule has 1 rings (SSSR count). The van der Waals surface area contributed by atoms with Crippen LogP contribution in [0.5, 0.6) is 0 Å². The number of aromatic nitrogens is 1. The second-order valence-corrected chi connectivity index (χ2v) is 3.75. The summed E-state index contributed by atoms with van der Waals surface area (Å²) in [6, 6.07) is 0.776. The van der Waals surface area contributed by atoms with E-state index in [0.29, 0.717) is 6.20 Å². The lowest BCUT2D eigenvalue weighted by atomic mass is 10.2. The van der Waals surface area contributed by atoms with Gasteiger partial charge in [-0.3, -0.25) is 0 Å². The monoisotopic (exact) mass is 269 g/mol. The van der Waals surface area contributed by atoms with Crippen molar-refractivity contribution in [3.63, 3.8) is 0 Å². The molecule has 0 bridgehead atoms. The maximum absolute atomic E-state index is 12.3. The SMILES string of the molecule is CN(C(N)=S)c1ncc(C(F)(F)F)cc1Cl. The van der Waals surface area contributed by atoms with Crippen molar-refractivity contribution in [1.29, 1.82) is 0 Å². The van der Waals surface area contributed by atoms with E-state index in [4.69, 9.17) is 17.3 Å². The van der Waals surface area contributed by atoms with Crippen LogP contribution in [0.1, 0.15) is 5.56 Å². The number of hydrogen-bond acceptors (Lipinski definition) is 2. The normalized spacial score (nSPS) is 11.3. The molecule has 1 heterocycles. The van der Waals surface area contributed by atoms with Gasteiger partial charge < -0.3 is 10.6 Å². The first kappa shape index (κ1) is 13.0. The summed E-state index contributed by atoms with van der Waals surface area (Å²) in [5, 5.41) is -0.195. The molecular weight excluding hydrogens is 263 g/mol. The van der Waals surface area contributed by atoms with E-state index < -0.39 is 11.7 Å². The lowest BCUT2D eigenvalue weighted by Crippen LogP contribution is -2.32. The Morgan fingerprint density at radius 2 is 2.12 bits per heavy atom. The smallest absolute Gasteiger partial charge is 0.376 e. The number of nitrogens with two attached hydrogens (primary N) is 1. The number of alkyl halides is 3. The van der Waals surface area contributed by atoms with Gasteiger partial charge in [0, 0.05) is 13.2 Å². The number of nitrogens with zero attached hydrogens (tertiary/aromatic N) is 2. The summed E-state index contributed by atoms with van der Waals surface area (Å²) in [5.74, 6) is 0.0853. The summed E-state index contributed by atoms with van der Waals surface area (Å²) in [5.41, 5.74) is 4.38. The zero-order valence-electron chi connectivity index (χ0n) is 8.05. The molecule has 0 fully saturated rings. The number of anilines is 1. The number of pyridine rings is 1. The molecule has 0 unspecified atom stereocenters. The lowest BCUT2D eigenvalue weighted by Gasteiger charge is -2.17. The second-order valence-electron chi connectivity index (χ2n) is 2.92. The highest BCUT2D eigenvalue weighted by Gasteiger charge is 2.31. The van der Waals surface area contributed by atoms with Crippen LogP contribution in [0.2, 0.25) is 5.02 Å². The van der Waals surface area contributed by atoms with E-state index in [1.807, 2.05) is 0 Å². The Hall–Kier alpha value is -1.08. The van der Waals surface area contributed by atoms with Crippen molar-refractivity contribution in [2.75, 3.05) is 11.9 Å². The van der Waals surface area contributed by atoms with Gasteiger partial charge in [-0.1, -0.05) is 11.6 Å². The van der Waals surface area contributed by atoms with Gasteiger partial charge in [-0.05, 0) is 18.3 Å². The van der Waals surface area contributed by atoms with Gasteiger partial charge in [-0.25, -0.2) is 4.98 Å². The predicted molar refractivity (Wildman–Crippen MR) is 59.4 cm³/mol. The van der Waals surface area contributed by atoms with Crippen LogP contribution in [0.15, 0.2) is 12.3 Å². The zero-order valence-corrected chi connectivity index (χ0v) is 9.62. The fraction of sp³-hybridized carbons (Fsp3) is 0.250. The highest BCUT2D eigenvalue weighted by atomic mass is 35.5. The van der Waals surface area contributed by atoms with Crippen LogP contribution in [0.4, 0.5) is 19.0 Å². The average molecular weight is 270 g/mol. The Kier molecular flexibility index (Phi) is 3.59. The molecule has 0 aliphatic heterocycles. The summed E-state index contributed by atoms with van der Waals surface area (Å²) >= 11 is 10.3. The molecule has 16 heavy (non-hydrogen) atoms. The highest BCUT2D eigenvalue weighted by Crippen LogP contribution is 2.33. The van der Waals surface area contributed by atoms with Crippen LogP contribution in [0, 0.1) is 0 Å². The topological polar surface area (TPSA) is 42.1 Å². The summed E-state index contributed by atoms with van der Waals surface area (Å²) in [6.45, 7) is 0. The Morgan fingerprint density at radius 1 is 1.56 bits per heavy atom. The first-order valence-corrected chi connectivity index (χ1v) is 4.78. The van der Waals surface area contributed by atoms with Crippen molar-refractivity contribution in [3.05, 3.63) is 22.8 Å². The summed E-state index contributed by atoms with van der Waals surface area (Å²) in [7, 11) is 1.46. The first-order valence-electron chi connectivity index (χ1n) is 3.99. The minimum absolute atomic E-state index is 0.0332. The van der Waals surface area contributed by atoms with E-state index in [0.717, 1.165) is 6.07 Å². The Labute approximate surface area is 100 Å². The van der Waals surface area contributed by atoms with E-state index in [1.54, 1.807) is 0 Å². The quantitative estimate of drug-likeness (QED) is 0.795. The molecule has 0 aliphatic rings. The van der Waals surface area contributed by atoms with Crippen molar-refractivity contribution in [2.45, 2.75) is 6.18 Å². The number of rotatable bonds is 1. The fourth-order valence-corrected chi connectivity index (χ4v) is 1.32. The number of thiocarbonyl (C=S) groups is 1. The Balaban J connectivity index is 3.15. The van der Waals surface area contributed by atoms with Crippen molar-refractivity contribution in [1.82, 2.24) is 4.98 Å². The summed E-state index contributed by atoms with van der Waals surface area (Å²) < 4.78 is 36.9. The van der Waals surface area contributed by atoms with Crippen molar-refractivity contribution >= 4 is 34.7 Å². The molecule has 88 valence electrons. The number of halogens is 4. The van der Waals surface area contributed by atoms with Crippen LogP contribution < -0.4 is 10.6 Å². The molecule has 8 heteroatoms. The molecule has 0 atom stereocenters. The molecule has 0 saturated heterocycles. The minimum Gasteiger partial charge on any atom is -0.376 e. The van der Waals surface area contributed by atoms with Gasteiger partial charge in [0.05, 0.1) is 10.6 Å². The van der Waals surface area contributed by atoms with Crippen LogP contribution >= 0.6 is 23.8 Å². The van der Waals surface area contributed by atoms with Crippen LogP contribution in [-0.2, 0) is 6.18 Å². The van der Waals surface area contributed by atoms with Crippen molar-refractivity contribution in [3.8, 4) is 0 Å².